The van der Waals surface area contributed by atoms with Gasteiger partial charge in [0, 0.05) is 24.8 Å². The van der Waals surface area contributed by atoms with Gasteiger partial charge in [0.2, 0.25) is 0 Å². The molecule has 2 atom stereocenters. The standard InChI is InChI=1S/C28H29F3N2O2/c1-2-26(20-6-4-19(5-7-20)24-13-12-23(30)18-25(24)31)33-16-15-28(14-3-17-34,32-27(33)35)21-8-10-22(29)11-9-21/h4-13,18,26,34H,2-3,14-17H2,1H3,(H,32,35). The average molecular weight is 483 g/mol. The lowest BCUT2D eigenvalue weighted by Gasteiger charge is -2.45. The lowest BCUT2D eigenvalue weighted by molar-refractivity contribution is 0.111. The summed E-state index contributed by atoms with van der Waals surface area (Å²) in [6.45, 7) is 2.49. The third kappa shape index (κ3) is 5.20. The second-order valence-electron chi connectivity index (χ2n) is 8.96. The van der Waals surface area contributed by atoms with Gasteiger partial charge in [0.25, 0.3) is 0 Å². The van der Waals surface area contributed by atoms with Crippen molar-refractivity contribution in [3.05, 3.63) is 95.3 Å². The van der Waals surface area contributed by atoms with E-state index in [1.54, 1.807) is 29.2 Å². The molecule has 1 aliphatic heterocycles. The molecule has 0 aliphatic carbocycles. The lowest BCUT2D eigenvalue weighted by atomic mass is 9.80. The summed E-state index contributed by atoms with van der Waals surface area (Å²) in [4.78, 5) is 15.1. The van der Waals surface area contributed by atoms with Crippen LogP contribution in [-0.2, 0) is 5.54 Å². The first-order valence-corrected chi connectivity index (χ1v) is 11.9. The molecule has 184 valence electrons. The molecule has 0 bridgehead atoms. The molecule has 35 heavy (non-hydrogen) atoms. The fraction of sp³-hybridized carbons (Fsp3) is 0.321. The van der Waals surface area contributed by atoms with Gasteiger partial charge in [0.05, 0.1) is 11.6 Å². The number of nitrogens with zero attached hydrogens (tertiary/aromatic N) is 1. The summed E-state index contributed by atoms with van der Waals surface area (Å²) >= 11 is 0. The predicted molar refractivity (Wildman–Crippen MR) is 129 cm³/mol. The van der Waals surface area contributed by atoms with Gasteiger partial charge in [-0.2, -0.15) is 0 Å². The number of rotatable bonds is 8. The first-order valence-electron chi connectivity index (χ1n) is 11.9. The maximum absolute atomic E-state index is 14.2. The normalized spacial score (nSPS) is 18.9. The molecule has 4 nitrogen and oxygen atoms in total. The van der Waals surface area contributed by atoms with E-state index in [9.17, 15) is 23.1 Å². The van der Waals surface area contributed by atoms with E-state index in [1.165, 1.54) is 24.3 Å². The van der Waals surface area contributed by atoms with Gasteiger partial charge in [0.1, 0.15) is 17.5 Å². The van der Waals surface area contributed by atoms with Crippen LogP contribution >= 0.6 is 0 Å². The van der Waals surface area contributed by atoms with E-state index in [-0.39, 0.29) is 24.5 Å². The number of carbonyl (C=O) groups is 1. The zero-order valence-electron chi connectivity index (χ0n) is 19.6. The Hall–Kier alpha value is -3.32. The molecule has 3 aromatic carbocycles. The molecule has 7 heteroatoms. The highest BCUT2D eigenvalue weighted by Crippen LogP contribution is 2.37. The molecular weight excluding hydrogens is 453 g/mol. The van der Waals surface area contributed by atoms with Crippen LogP contribution in [0, 0.1) is 17.5 Å². The predicted octanol–water partition coefficient (Wildman–Crippen LogP) is 6.31. The maximum Gasteiger partial charge on any atom is 0.318 e. The van der Waals surface area contributed by atoms with Crippen molar-refractivity contribution in [3.63, 3.8) is 0 Å². The van der Waals surface area contributed by atoms with E-state index in [0.29, 0.717) is 43.4 Å². The van der Waals surface area contributed by atoms with Crippen LogP contribution in [0.1, 0.15) is 49.8 Å². The third-order valence-corrected chi connectivity index (χ3v) is 6.85. The highest BCUT2D eigenvalue weighted by atomic mass is 19.1. The zero-order chi connectivity index (χ0) is 25.0. The van der Waals surface area contributed by atoms with Gasteiger partial charge in [0.15, 0.2) is 0 Å². The molecule has 1 aliphatic rings. The van der Waals surface area contributed by atoms with Crippen molar-refractivity contribution < 1.29 is 23.1 Å². The van der Waals surface area contributed by atoms with Gasteiger partial charge in [-0.05, 0) is 66.6 Å². The zero-order valence-corrected chi connectivity index (χ0v) is 19.6. The smallest absolute Gasteiger partial charge is 0.318 e. The van der Waals surface area contributed by atoms with Crippen LogP contribution in [0.25, 0.3) is 11.1 Å². The summed E-state index contributed by atoms with van der Waals surface area (Å²) < 4.78 is 41.0. The minimum Gasteiger partial charge on any atom is -0.396 e. The summed E-state index contributed by atoms with van der Waals surface area (Å²) in [6, 6.07) is 16.5. The second kappa shape index (κ2) is 10.5. The van der Waals surface area contributed by atoms with E-state index in [0.717, 1.165) is 17.2 Å². The number of hydrogen-bond donors (Lipinski definition) is 2. The Morgan fingerprint density at radius 1 is 1.00 bits per heavy atom. The van der Waals surface area contributed by atoms with E-state index in [1.807, 2.05) is 19.1 Å². The average Bonchev–Trinajstić information content (AvgIpc) is 2.85. The molecule has 4 rings (SSSR count). The number of nitrogens with one attached hydrogen (secondary N) is 1. The van der Waals surface area contributed by atoms with Crippen molar-refractivity contribution in [2.24, 2.45) is 0 Å². The number of carbonyl (C=O) groups excluding carboxylic acids is 1. The van der Waals surface area contributed by atoms with E-state index in [4.69, 9.17) is 0 Å². The van der Waals surface area contributed by atoms with Gasteiger partial charge < -0.3 is 15.3 Å². The van der Waals surface area contributed by atoms with Crippen LogP contribution in [-0.4, -0.2) is 29.2 Å². The SMILES string of the molecule is CCC(c1ccc(-c2ccc(F)cc2F)cc1)N1CCC(CCCO)(c2ccc(F)cc2)NC1=O. The van der Waals surface area contributed by atoms with Crippen LogP contribution < -0.4 is 5.32 Å². The molecule has 1 saturated heterocycles. The fourth-order valence-corrected chi connectivity index (χ4v) is 4.99. The number of benzene rings is 3. The summed E-state index contributed by atoms with van der Waals surface area (Å²) in [5.41, 5.74) is 2.00. The summed E-state index contributed by atoms with van der Waals surface area (Å²) in [5.74, 6) is -1.59. The van der Waals surface area contributed by atoms with Crippen molar-refractivity contribution >= 4 is 6.03 Å². The first-order chi connectivity index (χ1) is 16.9. The maximum atomic E-state index is 14.2. The second-order valence-corrected chi connectivity index (χ2v) is 8.96. The Morgan fingerprint density at radius 2 is 1.69 bits per heavy atom. The van der Waals surface area contributed by atoms with Crippen molar-refractivity contribution in [1.29, 1.82) is 0 Å². The first kappa shape index (κ1) is 24.8. The Morgan fingerprint density at radius 3 is 2.29 bits per heavy atom. The fourth-order valence-electron chi connectivity index (χ4n) is 4.99. The van der Waals surface area contributed by atoms with Crippen LogP contribution in [0.15, 0.2) is 66.7 Å². The van der Waals surface area contributed by atoms with E-state index in [2.05, 4.69) is 5.32 Å². The van der Waals surface area contributed by atoms with Crippen LogP contribution in [0.2, 0.25) is 0 Å². The third-order valence-electron chi connectivity index (χ3n) is 6.85. The number of hydrogen-bond acceptors (Lipinski definition) is 2. The molecule has 0 spiro atoms. The molecule has 0 saturated carbocycles. The number of urea groups is 1. The monoisotopic (exact) mass is 482 g/mol. The molecule has 3 aromatic rings. The highest BCUT2D eigenvalue weighted by Gasteiger charge is 2.41. The van der Waals surface area contributed by atoms with Crippen molar-refractivity contribution in [2.75, 3.05) is 13.2 Å². The molecule has 2 N–H and O–H groups in total. The summed E-state index contributed by atoms with van der Waals surface area (Å²) in [5, 5.41) is 12.6. The van der Waals surface area contributed by atoms with Crippen LogP contribution in [0.5, 0.6) is 0 Å². The molecule has 2 amide bonds. The minimum atomic E-state index is -0.674. The van der Waals surface area contributed by atoms with Gasteiger partial charge in [-0.15, -0.1) is 0 Å². The molecule has 1 fully saturated rings. The molecular formula is C28H29F3N2O2. The Bertz CT molecular complexity index is 1170. The number of amides is 2. The quantitative estimate of drug-likeness (QED) is 0.396. The van der Waals surface area contributed by atoms with Gasteiger partial charge in [-0.3, -0.25) is 0 Å². The van der Waals surface area contributed by atoms with E-state index >= 15 is 0 Å². The Labute approximate surface area is 203 Å². The largest absolute Gasteiger partial charge is 0.396 e. The van der Waals surface area contributed by atoms with Crippen LogP contribution in [0.3, 0.4) is 0 Å². The van der Waals surface area contributed by atoms with Gasteiger partial charge in [-0.1, -0.05) is 43.3 Å². The van der Waals surface area contributed by atoms with Crippen molar-refractivity contribution in [1.82, 2.24) is 10.2 Å². The Balaban J connectivity index is 1.55. The molecule has 1 heterocycles. The number of aliphatic hydroxyl groups excluding tert-OH is 1. The Kier molecular flexibility index (Phi) is 7.45. The molecule has 0 radical (unpaired) electrons. The number of halogens is 3. The van der Waals surface area contributed by atoms with E-state index < -0.39 is 17.2 Å². The molecule has 0 aromatic heterocycles. The summed E-state index contributed by atoms with van der Waals surface area (Å²) in [7, 11) is 0. The topological polar surface area (TPSA) is 52.6 Å². The van der Waals surface area contributed by atoms with Gasteiger partial charge >= 0.3 is 6.03 Å². The van der Waals surface area contributed by atoms with Crippen LogP contribution in [0.4, 0.5) is 18.0 Å². The highest BCUT2D eigenvalue weighted by molar-refractivity contribution is 5.77. The number of aliphatic hydroxyl groups is 1. The summed E-state index contributed by atoms with van der Waals surface area (Å²) in [6.07, 6.45) is 2.34. The van der Waals surface area contributed by atoms with Crippen molar-refractivity contribution in [3.8, 4) is 11.1 Å². The van der Waals surface area contributed by atoms with Crippen molar-refractivity contribution in [2.45, 2.75) is 44.2 Å². The lowest BCUT2D eigenvalue weighted by Crippen LogP contribution is -2.58. The minimum absolute atomic E-state index is 0.00110. The van der Waals surface area contributed by atoms with Gasteiger partial charge in [-0.25, -0.2) is 18.0 Å². The molecule has 2 unspecified atom stereocenters.